The summed E-state index contributed by atoms with van der Waals surface area (Å²) in [6, 6.07) is 8.40. The van der Waals surface area contributed by atoms with Crippen molar-refractivity contribution in [2.45, 2.75) is 13.5 Å². The lowest BCUT2D eigenvalue weighted by Gasteiger charge is -2.13. The summed E-state index contributed by atoms with van der Waals surface area (Å²) in [5.41, 5.74) is 2.03. The Balaban J connectivity index is 1.78. The number of rotatable bonds is 7. The second-order valence-corrected chi connectivity index (χ2v) is 6.86. The fourth-order valence-corrected chi connectivity index (χ4v) is 3.13. The summed E-state index contributed by atoms with van der Waals surface area (Å²) in [6.07, 6.45) is 2.53. The van der Waals surface area contributed by atoms with Crippen molar-refractivity contribution in [3.05, 3.63) is 63.5 Å². The summed E-state index contributed by atoms with van der Waals surface area (Å²) < 4.78 is 16.8. The standard InChI is InChI=1S/C20H16Cl2N2O5/c1-11-5-12(3-4-18(25)26)6-16(27-2)19(11)28-10-17-23-24-20(29-17)13-7-14(21)9-15(22)8-13/h3-9H,10H2,1-2H3,(H,25,26)/b4-3+. The second-order valence-electron chi connectivity index (χ2n) is 5.99. The van der Waals surface area contributed by atoms with Crippen molar-refractivity contribution in [3.63, 3.8) is 0 Å². The van der Waals surface area contributed by atoms with Crippen molar-refractivity contribution >= 4 is 35.2 Å². The number of benzene rings is 2. The monoisotopic (exact) mass is 434 g/mol. The highest BCUT2D eigenvalue weighted by Gasteiger charge is 2.14. The van der Waals surface area contributed by atoms with Gasteiger partial charge in [0.15, 0.2) is 18.1 Å². The summed E-state index contributed by atoms with van der Waals surface area (Å²) in [5.74, 6) is 0.440. The summed E-state index contributed by atoms with van der Waals surface area (Å²) in [6.45, 7) is 1.84. The van der Waals surface area contributed by atoms with Crippen molar-refractivity contribution in [2.75, 3.05) is 7.11 Å². The quantitative estimate of drug-likeness (QED) is 0.520. The van der Waals surface area contributed by atoms with Gasteiger partial charge in [0.1, 0.15) is 0 Å². The highest BCUT2D eigenvalue weighted by molar-refractivity contribution is 6.35. The number of carbonyl (C=O) groups is 1. The molecule has 0 spiro atoms. The van der Waals surface area contributed by atoms with Crippen LogP contribution in [0.1, 0.15) is 17.0 Å². The van der Waals surface area contributed by atoms with E-state index in [1.807, 2.05) is 6.92 Å². The number of halogens is 2. The number of ether oxygens (including phenoxy) is 2. The summed E-state index contributed by atoms with van der Waals surface area (Å²) >= 11 is 12.0. The largest absolute Gasteiger partial charge is 0.493 e. The van der Waals surface area contributed by atoms with Gasteiger partial charge < -0.3 is 19.0 Å². The van der Waals surface area contributed by atoms with Crippen LogP contribution in [0.3, 0.4) is 0 Å². The van der Waals surface area contributed by atoms with Crippen LogP contribution in [-0.2, 0) is 11.4 Å². The zero-order valence-corrected chi connectivity index (χ0v) is 17.0. The Morgan fingerprint density at radius 3 is 2.55 bits per heavy atom. The molecule has 3 aromatic rings. The van der Waals surface area contributed by atoms with Gasteiger partial charge in [0.2, 0.25) is 5.89 Å². The minimum absolute atomic E-state index is 0.0167. The third-order valence-corrected chi connectivity index (χ3v) is 4.25. The number of methoxy groups -OCH3 is 1. The fraction of sp³-hybridized carbons (Fsp3) is 0.150. The van der Waals surface area contributed by atoms with Crippen molar-refractivity contribution in [1.29, 1.82) is 0 Å². The van der Waals surface area contributed by atoms with Crippen molar-refractivity contribution < 1.29 is 23.8 Å². The van der Waals surface area contributed by atoms with Gasteiger partial charge in [-0.05, 0) is 54.5 Å². The third-order valence-electron chi connectivity index (χ3n) is 3.82. The molecule has 7 nitrogen and oxygen atoms in total. The van der Waals surface area contributed by atoms with E-state index in [0.717, 1.165) is 11.6 Å². The van der Waals surface area contributed by atoms with E-state index in [4.69, 9.17) is 42.2 Å². The molecule has 0 fully saturated rings. The summed E-state index contributed by atoms with van der Waals surface area (Å²) in [4.78, 5) is 10.7. The topological polar surface area (TPSA) is 94.7 Å². The summed E-state index contributed by atoms with van der Waals surface area (Å²) in [7, 11) is 1.50. The molecule has 0 aliphatic heterocycles. The molecule has 3 rings (SSSR count). The molecular formula is C20H16Cl2N2O5. The third kappa shape index (κ3) is 5.28. The van der Waals surface area contributed by atoms with Crippen LogP contribution >= 0.6 is 23.2 Å². The Kier molecular flexibility index (Phi) is 6.41. The maximum Gasteiger partial charge on any atom is 0.328 e. The molecule has 2 aromatic carbocycles. The van der Waals surface area contributed by atoms with Crippen LogP contribution in [0.2, 0.25) is 10.0 Å². The smallest absolute Gasteiger partial charge is 0.328 e. The molecule has 0 aliphatic rings. The molecule has 1 heterocycles. The average Bonchev–Trinajstić information content (AvgIpc) is 3.13. The molecule has 0 amide bonds. The molecular weight excluding hydrogens is 419 g/mol. The van der Waals surface area contributed by atoms with Crippen LogP contribution < -0.4 is 9.47 Å². The van der Waals surface area contributed by atoms with Crippen LogP contribution in [0.4, 0.5) is 0 Å². The number of aryl methyl sites for hydroxylation is 1. The van der Waals surface area contributed by atoms with Gasteiger partial charge in [-0.15, -0.1) is 10.2 Å². The molecule has 29 heavy (non-hydrogen) atoms. The maximum atomic E-state index is 10.7. The first kappa shape index (κ1) is 20.7. The lowest BCUT2D eigenvalue weighted by Crippen LogP contribution is -2.00. The average molecular weight is 435 g/mol. The van der Waals surface area contributed by atoms with E-state index < -0.39 is 5.97 Å². The van der Waals surface area contributed by atoms with Crippen LogP contribution in [0, 0.1) is 6.92 Å². The molecule has 0 aliphatic carbocycles. The van der Waals surface area contributed by atoms with E-state index in [9.17, 15) is 4.79 Å². The van der Waals surface area contributed by atoms with Crippen LogP contribution in [0.5, 0.6) is 11.5 Å². The zero-order valence-electron chi connectivity index (χ0n) is 15.5. The summed E-state index contributed by atoms with van der Waals surface area (Å²) in [5, 5.41) is 17.7. The number of hydrogen-bond acceptors (Lipinski definition) is 6. The van der Waals surface area contributed by atoms with E-state index >= 15 is 0 Å². The first-order valence-electron chi connectivity index (χ1n) is 8.37. The van der Waals surface area contributed by atoms with Crippen molar-refractivity contribution in [1.82, 2.24) is 10.2 Å². The Morgan fingerprint density at radius 2 is 1.90 bits per heavy atom. The number of hydrogen-bond donors (Lipinski definition) is 1. The molecule has 1 aromatic heterocycles. The molecule has 9 heteroatoms. The highest BCUT2D eigenvalue weighted by atomic mass is 35.5. The Morgan fingerprint density at radius 1 is 1.17 bits per heavy atom. The van der Waals surface area contributed by atoms with E-state index in [-0.39, 0.29) is 18.4 Å². The number of aromatic nitrogens is 2. The lowest BCUT2D eigenvalue weighted by molar-refractivity contribution is -0.131. The second kappa shape index (κ2) is 8.98. The first-order chi connectivity index (χ1) is 13.9. The Bertz CT molecular complexity index is 1060. The number of carboxylic acid groups (broad SMARTS) is 1. The maximum absolute atomic E-state index is 10.7. The Labute approximate surface area is 176 Å². The fourth-order valence-electron chi connectivity index (χ4n) is 2.61. The molecule has 0 atom stereocenters. The van der Waals surface area contributed by atoms with E-state index in [0.29, 0.717) is 32.7 Å². The SMILES string of the molecule is COc1cc(/C=C/C(=O)O)cc(C)c1OCc1nnc(-c2cc(Cl)cc(Cl)c2)o1. The van der Waals surface area contributed by atoms with Gasteiger partial charge in [0.25, 0.3) is 5.89 Å². The predicted octanol–water partition coefficient (Wildman–Crippen LogP) is 5.04. The predicted molar refractivity (Wildman–Crippen MR) is 108 cm³/mol. The van der Waals surface area contributed by atoms with Crippen LogP contribution in [0.25, 0.3) is 17.5 Å². The normalized spacial score (nSPS) is 11.0. The minimum Gasteiger partial charge on any atom is -0.493 e. The van der Waals surface area contributed by atoms with Gasteiger partial charge in [0.05, 0.1) is 7.11 Å². The van der Waals surface area contributed by atoms with Gasteiger partial charge in [-0.25, -0.2) is 4.79 Å². The molecule has 0 saturated heterocycles. The number of aliphatic carboxylic acids is 1. The van der Waals surface area contributed by atoms with Crippen molar-refractivity contribution in [3.8, 4) is 23.0 Å². The van der Waals surface area contributed by atoms with Gasteiger partial charge in [-0.1, -0.05) is 23.2 Å². The van der Waals surface area contributed by atoms with Gasteiger partial charge in [0, 0.05) is 21.7 Å². The molecule has 0 bridgehead atoms. The van der Waals surface area contributed by atoms with Crippen LogP contribution in [-0.4, -0.2) is 28.4 Å². The van der Waals surface area contributed by atoms with E-state index in [2.05, 4.69) is 10.2 Å². The lowest BCUT2D eigenvalue weighted by atomic mass is 10.1. The van der Waals surface area contributed by atoms with Crippen LogP contribution in [0.15, 0.2) is 40.8 Å². The first-order valence-corrected chi connectivity index (χ1v) is 9.12. The molecule has 150 valence electrons. The highest BCUT2D eigenvalue weighted by Crippen LogP contribution is 2.34. The van der Waals surface area contributed by atoms with Crippen molar-refractivity contribution in [2.24, 2.45) is 0 Å². The molecule has 0 unspecified atom stereocenters. The molecule has 1 N–H and O–H groups in total. The Hall–Kier alpha value is -3.03. The zero-order chi connectivity index (χ0) is 21.0. The van der Waals surface area contributed by atoms with E-state index in [1.54, 1.807) is 30.3 Å². The molecule has 0 radical (unpaired) electrons. The molecule has 0 saturated carbocycles. The minimum atomic E-state index is -1.03. The van der Waals surface area contributed by atoms with Gasteiger partial charge in [-0.3, -0.25) is 0 Å². The number of nitrogens with zero attached hydrogens (tertiary/aromatic N) is 2. The van der Waals surface area contributed by atoms with E-state index in [1.165, 1.54) is 13.2 Å². The number of carboxylic acids is 1. The van der Waals surface area contributed by atoms with Gasteiger partial charge >= 0.3 is 5.97 Å². The van der Waals surface area contributed by atoms with Gasteiger partial charge in [-0.2, -0.15) is 0 Å².